The summed E-state index contributed by atoms with van der Waals surface area (Å²) in [6.07, 6.45) is 0. The number of hydrogen-bond donors (Lipinski definition) is 1. The number of aryl methyl sites for hydroxylation is 1. The van der Waals surface area contributed by atoms with Crippen LogP contribution in [-0.4, -0.2) is 28.4 Å². The van der Waals surface area contributed by atoms with Gasteiger partial charge >= 0.3 is 0 Å². The van der Waals surface area contributed by atoms with Gasteiger partial charge in [-0.3, -0.25) is 9.59 Å². The van der Waals surface area contributed by atoms with Crippen LogP contribution in [0.3, 0.4) is 0 Å². The lowest BCUT2D eigenvalue weighted by Gasteiger charge is -2.23. The average Bonchev–Trinajstić information content (AvgIpc) is 2.66. The van der Waals surface area contributed by atoms with Gasteiger partial charge in [-0.05, 0) is 24.3 Å². The first kappa shape index (κ1) is 15.8. The van der Waals surface area contributed by atoms with E-state index in [9.17, 15) is 14.7 Å². The fourth-order valence-electron chi connectivity index (χ4n) is 3.17. The van der Waals surface area contributed by atoms with Crippen molar-refractivity contribution in [1.29, 1.82) is 0 Å². The molecule has 5 nitrogen and oxygen atoms in total. The summed E-state index contributed by atoms with van der Waals surface area (Å²) < 4.78 is 1.60. The molecular formula is C19H16N2O3S. The number of thioether (sulfide) groups is 1. The molecule has 0 fully saturated rings. The molecule has 0 radical (unpaired) electrons. The number of nitrogens with zero attached hydrogens (tertiary/aromatic N) is 2. The Balaban J connectivity index is 1.94. The SMILES string of the molecule is CN(C(=O)c1c(O)c2cccc3c2n(c1=O)CCS3)c1ccccc1. The molecule has 0 atom stereocenters. The van der Waals surface area contributed by atoms with E-state index in [2.05, 4.69) is 0 Å². The third-order valence-electron chi connectivity index (χ3n) is 4.45. The van der Waals surface area contributed by atoms with Gasteiger partial charge in [-0.15, -0.1) is 11.8 Å². The zero-order valence-corrected chi connectivity index (χ0v) is 14.4. The first-order valence-electron chi connectivity index (χ1n) is 7.94. The molecule has 1 aliphatic heterocycles. The molecule has 0 unspecified atom stereocenters. The van der Waals surface area contributed by atoms with Gasteiger partial charge in [0, 0.05) is 35.3 Å². The van der Waals surface area contributed by atoms with Crippen LogP contribution in [0.4, 0.5) is 5.69 Å². The number of carbonyl (C=O) groups excluding carboxylic acids is 1. The first-order chi connectivity index (χ1) is 12.1. The van der Waals surface area contributed by atoms with Crippen LogP contribution in [-0.2, 0) is 6.54 Å². The maximum atomic E-state index is 12.9. The molecule has 3 aromatic rings. The van der Waals surface area contributed by atoms with E-state index in [0.717, 1.165) is 10.6 Å². The van der Waals surface area contributed by atoms with Gasteiger partial charge in [0.05, 0.1) is 5.52 Å². The summed E-state index contributed by atoms with van der Waals surface area (Å²) >= 11 is 1.65. The van der Waals surface area contributed by atoms with Crippen LogP contribution in [0.15, 0.2) is 58.2 Å². The summed E-state index contributed by atoms with van der Waals surface area (Å²) in [7, 11) is 1.60. The molecular weight excluding hydrogens is 336 g/mol. The minimum absolute atomic E-state index is 0.178. The second-order valence-electron chi connectivity index (χ2n) is 5.88. The second-order valence-corrected chi connectivity index (χ2v) is 7.02. The summed E-state index contributed by atoms with van der Waals surface area (Å²) in [4.78, 5) is 28.2. The Morgan fingerprint density at radius 1 is 1.16 bits per heavy atom. The van der Waals surface area contributed by atoms with Crippen LogP contribution in [0.2, 0.25) is 0 Å². The van der Waals surface area contributed by atoms with Crippen molar-refractivity contribution in [2.75, 3.05) is 17.7 Å². The summed E-state index contributed by atoms with van der Waals surface area (Å²) in [5.41, 5.74) is 0.753. The molecule has 1 aliphatic rings. The van der Waals surface area contributed by atoms with Crippen molar-refractivity contribution in [3.63, 3.8) is 0 Å². The van der Waals surface area contributed by atoms with Crippen LogP contribution < -0.4 is 10.5 Å². The van der Waals surface area contributed by atoms with E-state index in [1.54, 1.807) is 41.6 Å². The second kappa shape index (κ2) is 5.97. The van der Waals surface area contributed by atoms with Gasteiger partial charge in [-0.2, -0.15) is 0 Å². The van der Waals surface area contributed by atoms with Crippen LogP contribution in [0.25, 0.3) is 10.9 Å². The van der Waals surface area contributed by atoms with Gasteiger partial charge in [0.15, 0.2) is 0 Å². The highest BCUT2D eigenvalue weighted by Crippen LogP contribution is 2.36. The van der Waals surface area contributed by atoms with Gasteiger partial charge in [0.25, 0.3) is 11.5 Å². The van der Waals surface area contributed by atoms with E-state index in [1.807, 2.05) is 30.3 Å². The van der Waals surface area contributed by atoms with Crippen molar-refractivity contribution in [3.8, 4) is 5.75 Å². The predicted molar refractivity (Wildman–Crippen MR) is 99.8 cm³/mol. The van der Waals surface area contributed by atoms with Gasteiger partial charge in [-0.1, -0.05) is 24.3 Å². The van der Waals surface area contributed by atoms with E-state index in [1.165, 1.54) is 4.90 Å². The molecule has 0 saturated heterocycles. The predicted octanol–water partition coefficient (Wildman–Crippen LogP) is 3.09. The van der Waals surface area contributed by atoms with Crippen LogP contribution in [0.1, 0.15) is 10.4 Å². The number of anilines is 1. The number of rotatable bonds is 2. The number of hydrogen-bond acceptors (Lipinski definition) is 4. The highest BCUT2D eigenvalue weighted by Gasteiger charge is 2.27. The number of carbonyl (C=O) groups is 1. The summed E-state index contributed by atoms with van der Waals surface area (Å²) in [5.74, 6) is 0.00948. The van der Waals surface area contributed by atoms with Crippen LogP contribution in [0.5, 0.6) is 5.75 Å². The number of aromatic nitrogens is 1. The van der Waals surface area contributed by atoms with E-state index in [4.69, 9.17) is 0 Å². The number of pyridine rings is 1. The minimum Gasteiger partial charge on any atom is -0.506 e. The first-order valence-corrected chi connectivity index (χ1v) is 8.92. The molecule has 0 spiro atoms. The Hall–Kier alpha value is -2.73. The summed E-state index contributed by atoms with van der Waals surface area (Å²) in [6.45, 7) is 0.520. The molecule has 1 N–H and O–H groups in total. The van der Waals surface area contributed by atoms with Crippen LogP contribution >= 0.6 is 11.8 Å². The summed E-state index contributed by atoms with van der Waals surface area (Å²) in [6, 6.07) is 14.6. The number of benzene rings is 2. The lowest BCUT2D eigenvalue weighted by Crippen LogP contribution is -2.35. The van der Waals surface area contributed by atoms with Gasteiger partial charge in [-0.25, -0.2) is 0 Å². The molecule has 25 heavy (non-hydrogen) atoms. The monoisotopic (exact) mass is 352 g/mol. The van der Waals surface area contributed by atoms with Crippen molar-refractivity contribution in [2.24, 2.45) is 0 Å². The van der Waals surface area contributed by atoms with Crippen LogP contribution in [0, 0.1) is 0 Å². The fourth-order valence-corrected chi connectivity index (χ4v) is 4.20. The number of amides is 1. The highest BCUT2D eigenvalue weighted by atomic mass is 32.2. The minimum atomic E-state index is -0.511. The Kier molecular flexibility index (Phi) is 3.77. The summed E-state index contributed by atoms with van der Waals surface area (Å²) in [5, 5.41) is 11.2. The third-order valence-corrected chi connectivity index (χ3v) is 5.48. The Bertz CT molecular complexity index is 1040. The fraction of sp³-hybridized carbons (Fsp3) is 0.158. The smallest absolute Gasteiger partial charge is 0.267 e. The topological polar surface area (TPSA) is 62.5 Å². The molecule has 2 heterocycles. The van der Waals surface area contributed by atoms with E-state index in [0.29, 0.717) is 23.1 Å². The van der Waals surface area contributed by atoms with Crippen molar-refractivity contribution in [1.82, 2.24) is 4.57 Å². The zero-order chi connectivity index (χ0) is 17.6. The lowest BCUT2D eigenvalue weighted by atomic mass is 10.1. The van der Waals surface area contributed by atoms with E-state index >= 15 is 0 Å². The van der Waals surface area contributed by atoms with Gasteiger partial charge < -0.3 is 14.6 Å². The Morgan fingerprint density at radius 3 is 2.68 bits per heavy atom. The number of para-hydroxylation sites is 2. The van der Waals surface area contributed by atoms with Gasteiger partial charge in [0.1, 0.15) is 11.3 Å². The van der Waals surface area contributed by atoms with Crippen molar-refractivity contribution in [2.45, 2.75) is 11.4 Å². The van der Waals surface area contributed by atoms with E-state index < -0.39 is 11.5 Å². The molecule has 0 saturated carbocycles. The molecule has 126 valence electrons. The van der Waals surface area contributed by atoms with Crippen molar-refractivity contribution >= 4 is 34.3 Å². The maximum Gasteiger partial charge on any atom is 0.267 e. The zero-order valence-electron chi connectivity index (χ0n) is 13.6. The normalized spacial score (nSPS) is 13.0. The molecule has 1 amide bonds. The molecule has 1 aromatic heterocycles. The quantitative estimate of drug-likeness (QED) is 0.770. The van der Waals surface area contributed by atoms with Gasteiger partial charge in [0.2, 0.25) is 0 Å². The molecule has 4 rings (SSSR count). The highest BCUT2D eigenvalue weighted by molar-refractivity contribution is 7.99. The number of aromatic hydroxyl groups is 1. The van der Waals surface area contributed by atoms with Crippen molar-refractivity contribution in [3.05, 3.63) is 64.4 Å². The van der Waals surface area contributed by atoms with E-state index in [-0.39, 0.29) is 11.3 Å². The molecule has 0 bridgehead atoms. The molecule has 6 heteroatoms. The average molecular weight is 352 g/mol. The molecule has 2 aromatic carbocycles. The molecule has 0 aliphatic carbocycles. The standard InChI is InChI=1S/C19H16N2O3S/c1-20(12-6-3-2-4-7-12)18(23)15-17(22)13-8-5-9-14-16(13)21(19(15)24)10-11-25-14/h2-9,22H,10-11H2,1H3. The largest absolute Gasteiger partial charge is 0.506 e. The Labute approximate surface area is 148 Å². The lowest BCUT2D eigenvalue weighted by molar-refractivity contribution is 0.0988. The Morgan fingerprint density at radius 2 is 1.92 bits per heavy atom. The van der Waals surface area contributed by atoms with Crippen molar-refractivity contribution < 1.29 is 9.90 Å². The third kappa shape index (κ3) is 2.41. The maximum absolute atomic E-state index is 12.9.